The highest BCUT2D eigenvalue weighted by Crippen LogP contribution is 2.28. The quantitative estimate of drug-likeness (QED) is 0.700. The smallest absolute Gasteiger partial charge is 0.343 e. The lowest BCUT2D eigenvalue weighted by molar-refractivity contribution is -0.125. The fourth-order valence-corrected chi connectivity index (χ4v) is 2.39. The number of aryl methyl sites for hydroxylation is 1. The van der Waals surface area contributed by atoms with Crippen LogP contribution in [-0.2, 0) is 4.79 Å². The maximum Gasteiger partial charge on any atom is 0.405 e. The van der Waals surface area contributed by atoms with Crippen LogP contribution in [0, 0.1) is 12.3 Å². The Balaban J connectivity index is 2.98. The van der Waals surface area contributed by atoms with E-state index in [-0.39, 0.29) is 18.0 Å². The van der Waals surface area contributed by atoms with Crippen LogP contribution in [0.25, 0.3) is 0 Å². The fraction of sp³-hybridized carbons (Fsp3) is 0.529. The summed E-state index contributed by atoms with van der Waals surface area (Å²) >= 11 is 0. The summed E-state index contributed by atoms with van der Waals surface area (Å²) in [6.45, 7) is 4.22. The van der Waals surface area contributed by atoms with Crippen LogP contribution >= 0.6 is 0 Å². The van der Waals surface area contributed by atoms with Gasteiger partial charge in [-0.05, 0) is 37.5 Å². The first-order valence-electron chi connectivity index (χ1n) is 8.05. The predicted octanol–water partition coefficient (Wildman–Crippen LogP) is 2.99. The van der Waals surface area contributed by atoms with E-state index in [4.69, 9.17) is 5.73 Å². The summed E-state index contributed by atoms with van der Waals surface area (Å²) in [7, 11) is 0. The second-order valence-electron chi connectivity index (χ2n) is 5.97. The van der Waals surface area contributed by atoms with Crippen molar-refractivity contribution in [1.82, 2.24) is 5.32 Å². The highest BCUT2D eigenvalue weighted by molar-refractivity contribution is 5.99. The Morgan fingerprint density at radius 3 is 2.24 bits per heavy atom. The van der Waals surface area contributed by atoms with Crippen LogP contribution in [0.15, 0.2) is 18.2 Å². The molecule has 5 nitrogen and oxygen atoms in total. The van der Waals surface area contributed by atoms with Crippen LogP contribution in [0.2, 0.25) is 0 Å². The van der Waals surface area contributed by atoms with Gasteiger partial charge in [-0.2, -0.15) is 13.2 Å². The molecule has 0 aliphatic heterocycles. The molecule has 0 atom stereocenters. The number of amides is 2. The second-order valence-corrected chi connectivity index (χ2v) is 5.97. The van der Waals surface area contributed by atoms with E-state index in [0.29, 0.717) is 24.1 Å². The SMILES string of the molecule is CCC(CC)(CN)C(=O)Nc1cc(C(=O)NCC(F)(F)F)ccc1C. The Hall–Kier alpha value is -2.09. The molecule has 0 radical (unpaired) electrons. The van der Waals surface area contributed by atoms with Gasteiger partial charge in [0.25, 0.3) is 5.91 Å². The van der Waals surface area contributed by atoms with Crippen LogP contribution in [0.3, 0.4) is 0 Å². The zero-order valence-electron chi connectivity index (χ0n) is 14.6. The molecule has 0 fully saturated rings. The number of hydrogen-bond donors (Lipinski definition) is 3. The Kier molecular flexibility index (Phi) is 6.98. The van der Waals surface area contributed by atoms with Gasteiger partial charge in [-0.1, -0.05) is 19.9 Å². The molecule has 0 saturated carbocycles. The minimum atomic E-state index is -4.49. The van der Waals surface area contributed by atoms with Crippen molar-refractivity contribution in [1.29, 1.82) is 0 Å². The maximum atomic E-state index is 12.6. The maximum absolute atomic E-state index is 12.6. The van der Waals surface area contributed by atoms with Crippen LogP contribution in [0.1, 0.15) is 42.6 Å². The van der Waals surface area contributed by atoms with Gasteiger partial charge in [-0.25, -0.2) is 0 Å². The van der Waals surface area contributed by atoms with Gasteiger partial charge in [0.1, 0.15) is 6.54 Å². The highest BCUT2D eigenvalue weighted by Gasteiger charge is 2.33. The molecule has 140 valence electrons. The Bertz CT molecular complexity index is 618. The molecular weight excluding hydrogens is 335 g/mol. The summed E-state index contributed by atoms with van der Waals surface area (Å²) in [4.78, 5) is 24.4. The lowest BCUT2D eigenvalue weighted by Crippen LogP contribution is -2.41. The normalized spacial score (nSPS) is 12.0. The fourth-order valence-electron chi connectivity index (χ4n) is 2.39. The first-order chi connectivity index (χ1) is 11.6. The van der Waals surface area contributed by atoms with Gasteiger partial charge in [0.15, 0.2) is 0 Å². The molecule has 4 N–H and O–H groups in total. The third-order valence-electron chi connectivity index (χ3n) is 4.42. The molecule has 0 unspecified atom stereocenters. The summed E-state index contributed by atoms with van der Waals surface area (Å²) in [5.74, 6) is -1.13. The van der Waals surface area contributed by atoms with Crippen molar-refractivity contribution in [3.63, 3.8) is 0 Å². The van der Waals surface area contributed by atoms with E-state index in [2.05, 4.69) is 5.32 Å². The monoisotopic (exact) mass is 359 g/mol. The number of carbonyl (C=O) groups excluding carboxylic acids is 2. The lowest BCUT2D eigenvalue weighted by Gasteiger charge is -2.29. The Morgan fingerprint density at radius 1 is 1.16 bits per heavy atom. The Morgan fingerprint density at radius 2 is 1.76 bits per heavy atom. The molecule has 0 aliphatic carbocycles. The van der Waals surface area contributed by atoms with E-state index >= 15 is 0 Å². The average molecular weight is 359 g/mol. The molecule has 2 amide bonds. The molecule has 25 heavy (non-hydrogen) atoms. The molecule has 0 heterocycles. The number of anilines is 1. The number of alkyl halides is 3. The van der Waals surface area contributed by atoms with Crippen LogP contribution < -0.4 is 16.4 Å². The third kappa shape index (κ3) is 5.45. The van der Waals surface area contributed by atoms with Gasteiger partial charge in [-0.15, -0.1) is 0 Å². The summed E-state index contributed by atoms with van der Waals surface area (Å²) in [6.07, 6.45) is -3.38. The lowest BCUT2D eigenvalue weighted by atomic mass is 9.81. The van der Waals surface area contributed by atoms with Crippen molar-refractivity contribution < 1.29 is 22.8 Å². The van der Waals surface area contributed by atoms with Crippen LogP contribution in [0.4, 0.5) is 18.9 Å². The number of carbonyl (C=O) groups is 2. The minimum absolute atomic E-state index is 0.0384. The zero-order valence-corrected chi connectivity index (χ0v) is 14.6. The number of nitrogens with two attached hydrogens (primary N) is 1. The first kappa shape index (κ1) is 21.0. The molecule has 1 aromatic carbocycles. The molecule has 0 spiro atoms. The number of rotatable bonds is 7. The zero-order chi connectivity index (χ0) is 19.3. The van der Waals surface area contributed by atoms with E-state index in [9.17, 15) is 22.8 Å². The van der Waals surface area contributed by atoms with Gasteiger partial charge in [0, 0.05) is 17.8 Å². The van der Waals surface area contributed by atoms with Crippen LogP contribution in [-0.4, -0.2) is 31.1 Å². The molecule has 1 aromatic rings. The molecule has 0 bridgehead atoms. The van der Waals surface area contributed by atoms with E-state index < -0.39 is 24.0 Å². The molecule has 0 saturated heterocycles. The highest BCUT2D eigenvalue weighted by atomic mass is 19.4. The molecule has 0 aliphatic rings. The van der Waals surface area contributed by atoms with Gasteiger partial charge < -0.3 is 16.4 Å². The van der Waals surface area contributed by atoms with Crippen molar-refractivity contribution in [2.75, 3.05) is 18.4 Å². The van der Waals surface area contributed by atoms with E-state index in [1.165, 1.54) is 12.1 Å². The van der Waals surface area contributed by atoms with Gasteiger partial charge in [-0.3, -0.25) is 9.59 Å². The van der Waals surface area contributed by atoms with Crippen molar-refractivity contribution in [2.24, 2.45) is 11.1 Å². The topological polar surface area (TPSA) is 84.2 Å². The van der Waals surface area contributed by atoms with Gasteiger partial charge >= 0.3 is 6.18 Å². The molecular formula is C17H24F3N3O2. The predicted molar refractivity (Wildman–Crippen MR) is 90.3 cm³/mol. The summed E-state index contributed by atoms with van der Waals surface area (Å²) in [6, 6.07) is 4.35. The summed E-state index contributed by atoms with van der Waals surface area (Å²) in [5.41, 5.74) is 6.14. The standard InChI is InChI=1S/C17H24F3N3O2/c1-4-16(5-2,9-21)15(25)23-13-8-12(7-6-11(13)3)14(24)22-10-17(18,19)20/h6-8H,4-5,9-10,21H2,1-3H3,(H,22,24)(H,23,25). The van der Waals surface area contributed by atoms with Crippen molar-refractivity contribution in [2.45, 2.75) is 39.8 Å². The molecule has 0 aromatic heterocycles. The molecule has 1 rings (SSSR count). The first-order valence-corrected chi connectivity index (χ1v) is 8.05. The second kappa shape index (κ2) is 8.33. The van der Waals surface area contributed by atoms with E-state index in [0.717, 1.165) is 0 Å². The van der Waals surface area contributed by atoms with Gasteiger partial charge in [0.2, 0.25) is 5.91 Å². The third-order valence-corrected chi connectivity index (χ3v) is 4.42. The van der Waals surface area contributed by atoms with E-state index in [1.807, 2.05) is 13.8 Å². The summed E-state index contributed by atoms with van der Waals surface area (Å²) in [5, 5.41) is 4.56. The van der Waals surface area contributed by atoms with Crippen molar-refractivity contribution in [3.8, 4) is 0 Å². The summed E-state index contributed by atoms with van der Waals surface area (Å²) < 4.78 is 36.6. The molecule has 8 heteroatoms. The van der Waals surface area contributed by atoms with E-state index in [1.54, 1.807) is 18.3 Å². The number of nitrogens with one attached hydrogen (secondary N) is 2. The van der Waals surface area contributed by atoms with Crippen molar-refractivity contribution in [3.05, 3.63) is 29.3 Å². The number of benzene rings is 1. The minimum Gasteiger partial charge on any atom is -0.343 e. The average Bonchev–Trinajstić information content (AvgIpc) is 2.56. The van der Waals surface area contributed by atoms with Crippen molar-refractivity contribution >= 4 is 17.5 Å². The number of halogens is 3. The largest absolute Gasteiger partial charge is 0.405 e. The van der Waals surface area contributed by atoms with Crippen LogP contribution in [0.5, 0.6) is 0 Å². The Labute approximate surface area is 145 Å². The van der Waals surface area contributed by atoms with Gasteiger partial charge in [0.05, 0.1) is 5.41 Å². The number of hydrogen-bond acceptors (Lipinski definition) is 3.